The van der Waals surface area contributed by atoms with Gasteiger partial charge in [-0.2, -0.15) is 0 Å². The van der Waals surface area contributed by atoms with E-state index in [-0.39, 0.29) is 25.2 Å². The molecular formula is C23H26N6O4S. The Labute approximate surface area is 200 Å². The summed E-state index contributed by atoms with van der Waals surface area (Å²) in [5.41, 5.74) is 1.74. The minimum Gasteiger partial charge on any atom is -0.361 e. The zero-order valence-corrected chi connectivity index (χ0v) is 19.6. The Morgan fingerprint density at radius 1 is 1.15 bits per heavy atom. The van der Waals surface area contributed by atoms with Crippen molar-refractivity contribution < 1.29 is 19.2 Å². The Kier molecular flexibility index (Phi) is 8.25. The molecule has 0 spiro atoms. The molecule has 0 aliphatic rings. The van der Waals surface area contributed by atoms with Crippen LogP contribution in [0.25, 0.3) is 10.9 Å². The lowest BCUT2D eigenvalue weighted by atomic mass is 10.0. The third kappa shape index (κ3) is 6.58. The van der Waals surface area contributed by atoms with Gasteiger partial charge in [0.05, 0.1) is 17.4 Å². The molecule has 0 unspecified atom stereocenters. The molecule has 0 saturated heterocycles. The maximum absolute atomic E-state index is 13.2. The van der Waals surface area contributed by atoms with Crippen LogP contribution in [0.15, 0.2) is 36.7 Å². The highest BCUT2D eigenvalue weighted by Crippen LogP contribution is 2.20. The molecule has 0 saturated carbocycles. The highest BCUT2D eigenvalue weighted by atomic mass is 32.1. The van der Waals surface area contributed by atoms with Gasteiger partial charge in [0.1, 0.15) is 17.1 Å². The summed E-state index contributed by atoms with van der Waals surface area (Å²) in [6.45, 7) is 3.11. The topological polar surface area (TPSA) is 157 Å². The molecule has 0 bridgehead atoms. The number of carbonyl (C=O) groups is 4. The molecule has 10 nitrogen and oxygen atoms in total. The quantitative estimate of drug-likeness (QED) is 0.265. The zero-order chi connectivity index (χ0) is 24.7. The van der Waals surface area contributed by atoms with E-state index in [9.17, 15) is 19.2 Å². The van der Waals surface area contributed by atoms with Crippen LogP contribution in [0, 0.1) is 12.3 Å². The van der Waals surface area contributed by atoms with Crippen LogP contribution in [0.4, 0.5) is 5.00 Å². The fourth-order valence-corrected chi connectivity index (χ4v) is 4.18. The van der Waals surface area contributed by atoms with Gasteiger partial charge in [0.25, 0.3) is 0 Å². The van der Waals surface area contributed by atoms with Gasteiger partial charge in [-0.3, -0.25) is 19.2 Å². The van der Waals surface area contributed by atoms with E-state index in [4.69, 9.17) is 5.41 Å². The average Bonchev–Trinajstić information content (AvgIpc) is 3.41. The van der Waals surface area contributed by atoms with Crippen molar-refractivity contribution >= 4 is 57.0 Å². The predicted octanol–water partition coefficient (Wildman–Crippen LogP) is 2.10. The van der Waals surface area contributed by atoms with Gasteiger partial charge in [0, 0.05) is 36.9 Å². The maximum Gasteiger partial charge on any atom is 0.247 e. The number of fused-ring (bicyclic) bond motifs is 1. The molecule has 2 heterocycles. The highest BCUT2D eigenvalue weighted by Gasteiger charge is 2.28. The van der Waals surface area contributed by atoms with E-state index in [2.05, 4.69) is 25.9 Å². The second-order valence-corrected chi connectivity index (χ2v) is 8.99. The summed E-state index contributed by atoms with van der Waals surface area (Å²) in [5.74, 6) is -1.91. The molecular weight excluding hydrogens is 456 g/mol. The predicted molar refractivity (Wildman–Crippen MR) is 130 cm³/mol. The number of rotatable bonds is 11. The average molecular weight is 483 g/mol. The van der Waals surface area contributed by atoms with Gasteiger partial charge in [0.15, 0.2) is 5.78 Å². The number of aryl methyl sites for hydroxylation is 1. The number of nitrogens with zero attached hydrogens (tertiary/aromatic N) is 1. The number of benzene rings is 1. The van der Waals surface area contributed by atoms with E-state index in [1.165, 1.54) is 24.5 Å². The number of ketones is 1. The van der Waals surface area contributed by atoms with Crippen LogP contribution in [0.1, 0.15) is 30.3 Å². The van der Waals surface area contributed by atoms with Gasteiger partial charge in [-0.25, -0.2) is 4.98 Å². The molecule has 2 atom stereocenters. The largest absolute Gasteiger partial charge is 0.361 e. The number of H-pyrrole nitrogens is 1. The van der Waals surface area contributed by atoms with E-state index in [1.54, 1.807) is 13.1 Å². The number of nitrogens with one attached hydrogen (secondary N) is 5. The lowest BCUT2D eigenvalue weighted by molar-refractivity contribution is -0.130. The van der Waals surface area contributed by atoms with Crippen LogP contribution in [0.3, 0.4) is 0 Å². The number of amides is 3. The molecule has 0 aliphatic heterocycles. The van der Waals surface area contributed by atoms with E-state index in [0.29, 0.717) is 11.2 Å². The van der Waals surface area contributed by atoms with Gasteiger partial charge >= 0.3 is 0 Å². The Morgan fingerprint density at radius 2 is 1.91 bits per heavy atom. The lowest BCUT2D eigenvalue weighted by Crippen LogP contribution is -2.53. The maximum atomic E-state index is 13.2. The molecule has 0 radical (unpaired) electrons. The van der Waals surface area contributed by atoms with E-state index >= 15 is 0 Å². The first-order chi connectivity index (χ1) is 16.3. The summed E-state index contributed by atoms with van der Waals surface area (Å²) in [5, 5.41) is 17.3. The first-order valence-electron chi connectivity index (χ1n) is 10.7. The van der Waals surface area contributed by atoms with Crippen LogP contribution < -0.4 is 16.0 Å². The number of para-hydroxylation sites is 1. The normalized spacial score (nSPS) is 12.5. The second kappa shape index (κ2) is 11.3. The van der Waals surface area contributed by atoms with Gasteiger partial charge < -0.3 is 26.3 Å². The van der Waals surface area contributed by atoms with E-state index < -0.39 is 29.7 Å². The van der Waals surface area contributed by atoms with Crippen LogP contribution in [0.5, 0.6) is 0 Å². The molecule has 5 N–H and O–H groups in total. The third-order valence-corrected chi connectivity index (χ3v) is 5.96. The Balaban J connectivity index is 1.78. The monoisotopic (exact) mass is 482 g/mol. The van der Waals surface area contributed by atoms with Gasteiger partial charge in [0.2, 0.25) is 17.7 Å². The minimum atomic E-state index is -1.04. The molecule has 0 fully saturated rings. The summed E-state index contributed by atoms with van der Waals surface area (Å²) >= 11 is 1.28. The molecule has 34 heavy (non-hydrogen) atoms. The van der Waals surface area contributed by atoms with Crippen LogP contribution >= 0.6 is 11.3 Å². The van der Waals surface area contributed by atoms with Crippen molar-refractivity contribution in [1.82, 2.24) is 20.6 Å². The van der Waals surface area contributed by atoms with Crippen molar-refractivity contribution in [3.63, 3.8) is 0 Å². The Morgan fingerprint density at radius 3 is 2.59 bits per heavy atom. The standard InChI is InChI=1S/C23H26N6O4S/c1-13(30)27-20(9-15-11-26-18-6-4-3-5-17(15)18)23(33)28-19(8-7-16(31)10-24)22(32)29-21-12-25-14(2)34-21/h3-6,10-12,19-20,24,26H,7-9H2,1-2H3,(H,27,30)(H,28,33)(H,29,32)/t19-,20-/m0/s1. The SMILES string of the molecule is CC(=O)N[C@@H](Cc1c[nH]c2ccccc12)C(=O)N[C@@H](CCC(=O)C=N)C(=O)Nc1cnc(C)s1. The van der Waals surface area contributed by atoms with Crippen molar-refractivity contribution in [2.45, 2.75) is 45.2 Å². The van der Waals surface area contributed by atoms with Crippen molar-refractivity contribution in [1.29, 1.82) is 5.41 Å². The number of aromatic amines is 1. The van der Waals surface area contributed by atoms with Crippen LogP contribution in [0.2, 0.25) is 0 Å². The van der Waals surface area contributed by atoms with Gasteiger partial charge in [-0.1, -0.05) is 18.2 Å². The molecule has 3 amide bonds. The van der Waals surface area contributed by atoms with Crippen LogP contribution in [-0.2, 0) is 25.6 Å². The molecule has 11 heteroatoms. The first-order valence-corrected chi connectivity index (χ1v) is 11.5. The number of anilines is 1. The number of carbonyl (C=O) groups excluding carboxylic acids is 4. The molecule has 3 rings (SSSR count). The summed E-state index contributed by atoms with van der Waals surface area (Å²) in [4.78, 5) is 56.7. The number of hydrogen-bond acceptors (Lipinski definition) is 7. The minimum absolute atomic E-state index is 0.00342. The van der Waals surface area contributed by atoms with Crippen molar-refractivity contribution in [2.75, 3.05) is 5.32 Å². The van der Waals surface area contributed by atoms with E-state index in [1.807, 2.05) is 24.3 Å². The molecule has 178 valence electrons. The van der Waals surface area contributed by atoms with Crippen LogP contribution in [-0.4, -0.2) is 51.8 Å². The molecule has 1 aromatic carbocycles. The molecule has 3 aromatic rings. The van der Waals surface area contributed by atoms with Gasteiger partial charge in [-0.05, 0) is 25.0 Å². The van der Waals surface area contributed by atoms with E-state index in [0.717, 1.165) is 21.5 Å². The lowest BCUT2D eigenvalue weighted by Gasteiger charge is -2.22. The van der Waals surface area contributed by atoms with Gasteiger partial charge in [-0.15, -0.1) is 11.3 Å². The Bertz CT molecular complexity index is 1220. The fraction of sp³-hybridized carbons (Fsp3) is 0.304. The number of thiazole rings is 1. The zero-order valence-electron chi connectivity index (χ0n) is 18.8. The Hall–Kier alpha value is -3.86. The number of Topliss-reactive ketones (excluding diaryl/α,β-unsaturated/α-hetero) is 1. The summed E-state index contributed by atoms with van der Waals surface area (Å²) in [7, 11) is 0. The fourth-order valence-electron chi connectivity index (χ4n) is 3.50. The highest BCUT2D eigenvalue weighted by molar-refractivity contribution is 7.15. The number of hydrogen-bond donors (Lipinski definition) is 5. The van der Waals surface area contributed by atoms with Crippen molar-refractivity contribution in [2.24, 2.45) is 0 Å². The summed E-state index contributed by atoms with van der Waals surface area (Å²) in [6, 6.07) is 5.63. The van der Waals surface area contributed by atoms with Crippen molar-refractivity contribution in [3.05, 3.63) is 47.2 Å². The summed E-state index contributed by atoms with van der Waals surface area (Å²) in [6.07, 6.45) is 4.10. The second-order valence-electron chi connectivity index (χ2n) is 7.76. The summed E-state index contributed by atoms with van der Waals surface area (Å²) < 4.78 is 0. The van der Waals surface area contributed by atoms with Crippen molar-refractivity contribution in [3.8, 4) is 0 Å². The molecule has 0 aliphatic carbocycles. The first kappa shape index (κ1) is 24.8. The smallest absolute Gasteiger partial charge is 0.247 e. The third-order valence-electron chi connectivity index (χ3n) is 5.13. The molecule has 2 aromatic heterocycles. The number of aromatic nitrogens is 2.